The molecule has 0 bridgehead atoms. The van der Waals surface area contributed by atoms with Crippen LogP contribution in [0.5, 0.6) is 5.75 Å². The summed E-state index contributed by atoms with van der Waals surface area (Å²) in [5, 5.41) is 2.80. The molecular formula is C26H31N3O5S. The van der Waals surface area contributed by atoms with Crippen LogP contribution in [0.1, 0.15) is 42.9 Å². The molecule has 9 heteroatoms. The average molecular weight is 498 g/mol. The summed E-state index contributed by atoms with van der Waals surface area (Å²) in [6, 6.07) is 11.3. The molecule has 3 aliphatic heterocycles. The second kappa shape index (κ2) is 9.28. The molecule has 5 rings (SSSR count). The molecule has 0 radical (unpaired) electrons. The highest BCUT2D eigenvalue weighted by molar-refractivity contribution is 7.89. The molecule has 0 spiro atoms. The summed E-state index contributed by atoms with van der Waals surface area (Å²) in [5.41, 5.74) is 3.45. The summed E-state index contributed by atoms with van der Waals surface area (Å²) in [4.78, 5) is 27.5. The number of nitrogens with one attached hydrogen (secondary N) is 1. The number of aryl methyl sites for hydroxylation is 1. The van der Waals surface area contributed by atoms with E-state index in [-0.39, 0.29) is 29.2 Å². The lowest BCUT2D eigenvalue weighted by molar-refractivity contribution is -0.137. The zero-order valence-corrected chi connectivity index (χ0v) is 20.9. The molecule has 2 amide bonds. The van der Waals surface area contributed by atoms with Crippen molar-refractivity contribution in [1.29, 1.82) is 0 Å². The van der Waals surface area contributed by atoms with E-state index in [1.165, 1.54) is 15.9 Å². The zero-order valence-electron chi connectivity index (χ0n) is 20.1. The minimum absolute atomic E-state index is 0.0263. The third-order valence-corrected chi connectivity index (χ3v) is 9.27. The van der Waals surface area contributed by atoms with Crippen LogP contribution in [-0.2, 0) is 32.6 Å². The normalized spacial score (nSPS) is 22.6. The summed E-state index contributed by atoms with van der Waals surface area (Å²) in [6.45, 7) is 5.33. The van der Waals surface area contributed by atoms with Gasteiger partial charge in [-0.25, -0.2) is 8.42 Å². The SMILES string of the molecule is CC[C@@H]1Oc2cc(S(=O)(=O)N3CCC[C@@H](C(=O)N4CCc5ccccc5C4)C3)c(C)cc2NC1=O. The van der Waals surface area contributed by atoms with E-state index in [4.69, 9.17) is 4.74 Å². The molecule has 3 aliphatic rings. The lowest BCUT2D eigenvalue weighted by atomic mass is 9.95. The van der Waals surface area contributed by atoms with Gasteiger partial charge < -0.3 is 15.0 Å². The zero-order chi connectivity index (χ0) is 24.7. The van der Waals surface area contributed by atoms with Crippen molar-refractivity contribution in [2.45, 2.75) is 57.1 Å². The molecular weight excluding hydrogens is 466 g/mol. The number of sulfonamides is 1. The average Bonchev–Trinajstić information content (AvgIpc) is 2.87. The van der Waals surface area contributed by atoms with Crippen molar-refractivity contribution in [2.75, 3.05) is 25.0 Å². The van der Waals surface area contributed by atoms with Gasteiger partial charge in [0.25, 0.3) is 5.91 Å². The van der Waals surface area contributed by atoms with Gasteiger partial charge in [0.15, 0.2) is 6.10 Å². The molecule has 0 aromatic heterocycles. The Morgan fingerprint density at radius 1 is 1.17 bits per heavy atom. The van der Waals surface area contributed by atoms with E-state index < -0.39 is 16.1 Å². The summed E-state index contributed by atoms with van der Waals surface area (Å²) in [5.74, 6) is -0.204. The van der Waals surface area contributed by atoms with Gasteiger partial charge in [-0.3, -0.25) is 9.59 Å². The van der Waals surface area contributed by atoms with Crippen molar-refractivity contribution in [2.24, 2.45) is 5.92 Å². The van der Waals surface area contributed by atoms with Crippen LogP contribution in [0.4, 0.5) is 5.69 Å². The fourth-order valence-corrected chi connectivity index (χ4v) is 7.02. The van der Waals surface area contributed by atoms with E-state index in [1.54, 1.807) is 13.0 Å². The first-order valence-electron chi connectivity index (χ1n) is 12.3. The molecule has 2 aromatic rings. The Bertz CT molecular complexity index is 1280. The van der Waals surface area contributed by atoms with Gasteiger partial charge in [-0.2, -0.15) is 4.31 Å². The van der Waals surface area contributed by atoms with Crippen molar-refractivity contribution in [3.63, 3.8) is 0 Å². The Morgan fingerprint density at radius 3 is 2.71 bits per heavy atom. The third kappa shape index (κ3) is 4.43. The first-order chi connectivity index (χ1) is 16.8. The molecule has 35 heavy (non-hydrogen) atoms. The summed E-state index contributed by atoms with van der Waals surface area (Å²) >= 11 is 0. The molecule has 1 fully saturated rings. The van der Waals surface area contributed by atoms with Crippen LogP contribution < -0.4 is 10.1 Å². The Hall–Kier alpha value is -2.91. The lowest BCUT2D eigenvalue weighted by Crippen LogP contribution is -2.47. The van der Waals surface area contributed by atoms with Crippen LogP contribution in [0.3, 0.4) is 0 Å². The topological polar surface area (TPSA) is 96.0 Å². The van der Waals surface area contributed by atoms with Crippen molar-refractivity contribution < 1.29 is 22.7 Å². The molecule has 0 aliphatic carbocycles. The number of carbonyl (C=O) groups is 2. The van der Waals surface area contributed by atoms with Crippen molar-refractivity contribution >= 4 is 27.5 Å². The van der Waals surface area contributed by atoms with E-state index in [0.717, 1.165) is 12.0 Å². The minimum Gasteiger partial charge on any atom is -0.478 e. The van der Waals surface area contributed by atoms with Gasteiger partial charge >= 0.3 is 0 Å². The van der Waals surface area contributed by atoms with Gasteiger partial charge in [-0.05, 0) is 55.4 Å². The molecule has 3 heterocycles. The number of ether oxygens (including phenoxy) is 1. The number of carbonyl (C=O) groups excluding carboxylic acids is 2. The maximum absolute atomic E-state index is 13.7. The molecule has 186 valence electrons. The molecule has 1 saturated heterocycles. The number of hydrogen-bond donors (Lipinski definition) is 1. The number of benzene rings is 2. The second-order valence-corrected chi connectivity index (χ2v) is 11.5. The first-order valence-corrected chi connectivity index (χ1v) is 13.7. The van der Waals surface area contributed by atoms with Crippen molar-refractivity contribution in [3.8, 4) is 5.75 Å². The number of rotatable bonds is 4. The Kier molecular flexibility index (Phi) is 6.31. The predicted octanol–water partition coefficient (Wildman–Crippen LogP) is 3.09. The highest BCUT2D eigenvalue weighted by atomic mass is 32.2. The monoisotopic (exact) mass is 497 g/mol. The van der Waals surface area contributed by atoms with Gasteiger partial charge in [-0.1, -0.05) is 31.2 Å². The Balaban J connectivity index is 1.35. The lowest BCUT2D eigenvalue weighted by Gasteiger charge is -2.36. The van der Waals surface area contributed by atoms with Crippen LogP contribution >= 0.6 is 0 Å². The van der Waals surface area contributed by atoms with Crippen LogP contribution in [0.25, 0.3) is 0 Å². The number of nitrogens with zero attached hydrogens (tertiary/aromatic N) is 2. The van der Waals surface area contributed by atoms with Crippen LogP contribution in [0, 0.1) is 12.8 Å². The van der Waals surface area contributed by atoms with Crippen LogP contribution in [0.15, 0.2) is 41.3 Å². The quantitative estimate of drug-likeness (QED) is 0.700. The largest absolute Gasteiger partial charge is 0.478 e. The van der Waals surface area contributed by atoms with Crippen molar-refractivity contribution in [1.82, 2.24) is 9.21 Å². The third-order valence-electron chi connectivity index (χ3n) is 7.26. The van der Waals surface area contributed by atoms with Crippen LogP contribution in [-0.4, -0.2) is 55.2 Å². The molecule has 8 nitrogen and oxygen atoms in total. The number of anilines is 1. The number of piperidine rings is 1. The maximum atomic E-state index is 13.7. The first kappa shape index (κ1) is 23.8. The van der Waals surface area contributed by atoms with E-state index in [2.05, 4.69) is 17.4 Å². The molecule has 2 atom stereocenters. The van der Waals surface area contributed by atoms with Gasteiger partial charge in [0.2, 0.25) is 15.9 Å². The fourth-order valence-electron chi connectivity index (χ4n) is 5.27. The minimum atomic E-state index is -3.84. The molecule has 0 saturated carbocycles. The van der Waals surface area contributed by atoms with Crippen molar-refractivity contribution in [3.05, 3.63) is 53.1 Å². The van der Waals surface area contributed by atoms with Gasteiger partial charge in [0.1, 0.15) is 5.75 Å². The summed E-state index contributed by atoms with van der Waals surface area (Å²) in [6.07, 6.45) is 1.97. The number of hydrogen-bond acceptors (Lipinski definition) is 5. The number of amides is 2. The molecule has 2 aromatic carbocycles. The fraction of sp³-hybridized carbons (Fsp3) is 0.462. The van der Waals surface area contributed by atoms with Gasteiger partial charge in [0.05, 0.1) is 16.5 Å². The standard InChI is InChI=1S/C26H31N3O5S/c1-3-22-25(30)27-21-13-17(2)24(14-23(21)34-22)35(32,33)29-11-6-9-20(16-29)26(31)28-12-10-18-7-4-5-8-19(18)15-28/h4-5,7-8,13-14,20,22H,3,6,9-12,15-16H2,1-2H3,(H,27,30)/t20-,22+/m1/s1. The van der Waals surface area contributed by atoms with Gasteiger partial charge in [0, 0.05) is 32.2 Å². The van der Waals surface area contributed by atoms with Crippen LogP contribution in [0.2, 0.25) is 0 Å². The summed E-state index contributed by atoms with van der Waals surface area (Å²) < 4.78 is 34.6. The Labute approximate surface area is 206 Å². The van der Waals surface area contributed by atoms with E-state index >= 15 is 0 Å². The second-order valence-electron chi connectivity index (χ2n) is 9.60. The molecule has 1 N–H and O–H groups in total. The van der Waals surface area contributed by atoms with E-state index in [1.807, 2.05) is 24.0 Å². The predicted molar refractivity (Wildman–Crippen MR) is 132 cm³/mol. The highest BCUT2D eigenvalue weighted by Gasteiger charge is 2.37. The van der Waals surface area contributed by atoms with Gasteiger partial charge in [-0.15, -0.1) is 0 Å². The summed E-state index contributed by atoms with van der Waals surface area (Å²) in [7, 11) is -3.84. The van der Waals surface area contributed by atoms with E-state index in [0.29, 0.717) is 55.9 Å². The molecule has 0 unspecified atom stereocenters. The highest BCUT2D eigenvalue weighted by Crippen LogP contribution is 2.37. The Morgan fingerprint density at radius 2 is 1.94 bits per heavy atom. The number of fused-ring (bicyclic) bond motifs is 2. The smallest absolute Gasteiger partial charge is 0.265 e. The maximum Gasteiger partial charge on any atom is 0.265 e. The van der Waals surface area contributed by atoms with E-state index in [9.17, 15) is 18.0 Å².